The number of nitrogens with zero attached hydrogens (tertiary/aromatic N) is 1. The van der Waals surface area contributed by atoms with Crippen LogP contribution in [-0.2, 0) is 9.47 Å². The molecule has 0 heterocycles. The Kier molecular flexibility index (Phi) is 7.15. The zero-order chi connectivity index (χ0) is 13.4. The predicted octanol–water partition coefficient (Wildman–Crippen LogP) is 1.49. The summed E-state index contributed by atoms with van der Waals surface area (Å²) in [6.45, 7) is 6.67. The summed E-state index contributed by atoms with van der Waals surface area (Å²) >= 11 is 0. The van der Waals surface area contributed by atoms with Gasteiger partial charge in [-0.25, -0.2) is 0 Å². The van der Waals surface area contributed by atoms with Crippen molar-refractivity contribution in [2.75, 3.05) is 47.1 Å². The lowest BCUT2D eigenvalue weighted by Crippen LogP contribution is -2.53. The Hall–Kier alpha value is -0.160. The first-order valence-electron chi connectivity index (χ1n) is 7.09. The maximum atomic E-state index is 6.57. The largest absolute Gasteiger partial charge is 0.383 e. The van der Waals surface area contributed by atoms with Crippen molar-refractivity contribution in [2.45, 2.75) is 38.1 Å². The molecule has 0 saturated heterocycles. The zero-order valence-corrected chi connectivity index (χ0v) is 12.3. The van der Waals surface area contributed by atoms with Crippen LogP contribution in [0.2, 0.25) is 0 Å². The van der Waals surface area contributed by atoms with Gasteiger partial charge in [0, 0.05) is 39.4 Å². The van der Waals surface area contributed by atoms with Crippen LogP contribution in [0.15, 0.2) is 0 Å². The van der Waals surface area contributed by atoms with Crippen LogP contribution >= 0.6 is 0 Å². The Balaban J connectivity index is 2.45. The second kappa shape index (κ2) is 8.10. The van der Waals surface area contributed by atoms with E-state index in [9.17, 15) is 0 Å². The second-order valence-electron chi connectivity index (χ2n) is 5.83. The number of hydrogen-bond acceptors (Lipinski definition) is 4. The Morgan fingerprint density at radius 2 is 1.83 bits per heavy atom. The molecular formula is C14H30N2O2. The van der Waals surface area contributed by atoms with E-state index in [1.54, 1.807) is 14.2 Å². The van der Waals surface area contributed by atoms with Gasteiger partial charge in [-0.1, -0.05) is 19.8 Å². The summed E-state index contributed by atoms with van der Waals surface area (Å²) in [5.41, 5.74) is 6.56. The SMILES string of the molecule is COCCN(CCOC)CC1(N)CCCC(C)C1. The Morgan fingerprint density at radius 1 is 1.22 bits per heavy atom. The molecule has 0 spiro atoms. The van der Waals surface area contributed by atoms with Gasteiger partial charge in [0.2, 0.25) is 0 Å². The summed E-state index contributed by atoms with van der Waals surface area (Å²) < 4.78 is 10.3. The highest BCUT2D eigenvalue weighted by molar-refractivity contribution is 4.92. The fourth-order valence-electron chi connectivity index (χ4n) is 3.00. The third-order valence-corrected chi connectivity index (χ3v) is 3.89. The average Bonchev–Trinajstić information content (AvgIpc) is 2.32. The molecule has 2 unspecified atom stereocenters. The van der Waals surface area contributed by atoms with Gasteiger partial charge in [0.25, 0.3) is 0 Å². The second-order valence-corrected chi connectivity index (χ2v) is 5.83. The lowest BCUT2D eigenvalue weighted by molar-refractivity contribution is 0.0848. The first kappa shape index (κ1) is 15.9. The van der Waals surface area contributed by atoms with E-state index >= 15 is 0 Å². The van der Waals surface area contributed by atoms with Gasteiger partial charge in [0.05, 0.1) is 13.2 Å². The molecule has 0 aliphatic heterocycles. The molecule has 0 bridgehead atoms. The minimum absolute atomic E-state index is 0.0147. The van der Waals surface area contributed by atoms with Crippen LogP contribution < -0.4 is 5.73 Å². The number of rotatable bonds is 8. The molecule has 0 aromatic rings. The van der Waals surface area contributed by atoms with Crippen molar-refractivity contribution in [3.05, 3.63) is 0 Å². The van der Waals surface area contributed by atoms with E-state index in [-0.39, 0.29) is 5.54 Å². The van der Waals surface area contributed by atoms with Gasteiger partial charge < -0.3 is 15.2 Å². The smallest absolute Gasteiger partial charge is 0.0589 e. The third-order valence-electron chi connectivity index (χ3n) is 3.89. The van der Waals surface area contributed by atoms with Gasteiger partial charge >= 0.3 is 0 Å². The van der Waals surface area contributed by atoms with Crippen LogP contribution in [0.25, 0.3) is 0 Å². The van der Waals surface area contributed by atoms with Crippen LogP contribution in [0.5, 0.6) is 0 Å². The summed E-state index contributed by atoms with van der Waals surface area (Å²) in [5, 5.41) is 0. The van der Waals surface area contributed by atoms with Crippen LogP contribution in [0.3, 0.4) is 0 Å². The molecule has 1 rings (SSSR count). The van der Waals surface area contributed by atoms with E-state index in [4.69, 9.17) is 15.2 Å². The maximum Gasteiger partial charge on any atom is 0.0589 e. The van der Waals surface area contributed by atoms with Crippen molar-refractivity contribution in [2.24, 2.45) is 11.7 Å². The van der Waals surface area contributed by atoms with Crippen LogP contribution in [0, 0.1) is 5.92 Å². The van der Waals surface area contributed by atoms with Crippen molar-refractivity contribution in [1.82, 2.24) is 4.90 Å². The highest BCUT2D eigenvalue weighted by atomic mass is 16.5. The fraction of sp³-hybridized carbons (Fsp3) is 1.00. The molecular weight excluding hydrogens is 228 g/mol. The van der Waals surface area contributed by atoms with E-state index < -0.39 is 0 Å². The molecule has 108 valence electrons. The van der Waals surface area contributed by atoms with Gasteiger partial charge in [-0.05, 0) is 18.8 Å². The van der Waals surface area contributed by atoms with Crippen LogP contribution in [0.4, 0.5) is 0 Å². The molecule has 0 aromatic carbocycles. The third kappa shape index (κ3) is 5.65. The van der Waals surface area contributed by atoms with Crippen molar-refractivity contribution in [1.29, 1.82) is 0 Å². The quantitative estimate of drug-likeness (QED) is 0.716. The molecule has 1 aliphatic rings. The molecule has 4 heteroatoms. The first-order chi connectivity index (χ1) is 8.59. The topological polar surface area (TPSA) is 47.7 Å². The lowest BCUT2D eigenvalue weighted by atomic mass is 9.77. The fourth-order valence-corrected chi connectivity index (χ4v) is 3.00. The molecule has 0 aromatic heterocycles. The predicted molar refractivity (Wildman–Crippen MR) is 74.7 cm³/mol. The zero-order valence-electron chi connectivity index (χ0n) is 12.3. The van der Waals surface area contributed by atoms with Crippen LogP contribution in [-0.4, -0.2) is 57.5 Å². The number of methoxy groups -OCH3 is 2. The minimum atomic E-state index is -0.0147. The highest BCUT2D eigenvalue weighted by Gasteiger charge is 2.32. The molecule has 1 fully saturated rings. The highest BCUT2D eigenvalue weighted by Crippen LogP contribution is 2.30. The summed E-state index contributed by atoms with van der Waals surface area (Å²) in [5.74, 6) is 0.760. The Labute approximate surface area is 112 Å². The van der Waals surface area contributed by atoms with Crippen LogP contribution in [0.1, 0.15) is 32.6 Å². The number of nitrogens with two attached hydrogens (primary N) is 1. The number of hydrogen-bond donors (Lipinski definition) is 1. The van der Waals surface area contributed by atoms with E-state index in [1.807, 2.05) is 0 Å². The summed E-state index contributed by atoms with van der Waals surface area (Å²) in [6, 6.07) is 0. The lowest BCUT2D eigenvalue weighted by Gasteiger charge is -2.40. The molecule has 2 atom stereocenters. The average molecular weight is 258 g/mol. The monoisotopic (exact) mass is 258 g/mol. The van der Waals surface area contributed by atoms with Crippen molar-refractivity contribution >= 4 is 0 Å². The summed E-state index contributed by atoms with van der Waals surface area (Å²) in [6.07, 6.45) is 4.88. The number of ether oxygens (including phenoxy) is 2. The Bertz CT molecular complexity index is 218. The van der Waals surface area contributed by atoms with E-state index in [0.29, 0.717) is 0 Å². The first-order valence-corrected chi connectivity index (χ1v) is 7.09. The molecule has 0 amide bonds. The van der Waals surface area contributed by atoms with Gasteiger partial charge in [0.15, 0.2) is 0 Å². The van der Waals surface area contributed by atoms with E-state index in [2.05, 4.69) is 11.8 Å². The van der Waals surface area contributed by atoms with Crippen molar-refractivity contribution < 1.29 is 9.47 Å². The Morgan fingerprint density at radius 3 is 2.33 bits per heavy atom. The summed E-state index contributed by atoms with van der Waals surface area (Å²) in [7, 11) is 3.49. The molecule has 1 aliphatic carbocycles. The molecule has 4 nitrogen and oxygen atoms in total. The van der Waals surface area contributed by atoms with Crippen molar-refractivity contribution in [3.63, 3.8) is 0 Å². The van der Waals surface area contributed by atoms with Gasteiger partial charge in [-0.15, -0.1) is 0 Å². The van der Waals surface area contributed by atoms with Crippen molar-refractivity contribution in [3.8, 4) is 0 Å². The van der Waals surface area contributed by atoms with E-state index in [1.165, 1.54) is 12.8 Å². The normalized spacial score (nSPS) is 28.8. The van der Waals surface area contributed by atoms with E-state index in [0.717, 1.165) is 51.6 Å². The summed E-state index contributed by atoms with van der Waals surface area (Å²) in [4.78, 5) is 2.38. The van der Waals surface area contributed by atoms with Gasteiger partial charge in [-0.2, -0.15) is 0 Å². The van der Waals surface area contributed by atoms with Gasteiger partial charge in [-0.3, -0.25) is 4.90 Å². The minimum Gasteiger partial charge on any atom is -0.383 e. The van der Waals surface area contributed by atoms with Gasteiger partial charge in [0.1, 0.15) is 0 Å². The molecule has 0 radical (unpaired) electrons. The molecule has 18 heavy (non-hydrogen) atoms. The molecule has 1 saturated carbocycles. The standard InChI is InChI=1S/C14H30N2O2/c1-13-5-4-6-14(15,11-13)12-16(7-9-17-2)8-10-18-3/h13H,4-12,15H2,1-3H3. The maximum absolute atomic E-state index is 6.57. The molecule has 2 N–H and O–H groups in total.